The fraction of sp³-hybridized carbons (Fsp3) is 0.263. The highest BCUT2D eigenvalue weighted by atomic mass is 32.2. The van der Waals surface area contributed by atoms with Crippen molar-refractivity contribution >= 4 is 15.7 Å². The van der Waals surface area contributed by atoms with E-state index in [4.69, 9.17) is 0 Å². The van der Waals surface area contributed by atoms with Gasteiger partial charge in [0.15, 0.2) is 0 Å². The summed E-state index contributed by atoms with van der Waals surface area (Å²) in [5, 5.41) is 10.8. The molecule has 2 aliphatic rings. The quantitative estimate of drug-likeness (QED) is 0.470. The van der Waals surface area contributed by atoms with Gasteiger partial charge in [-0.15, -0.1) is 0 Å². The number of nitro groups is 1. The van der Waals surface area contributed by atoms with Gasteiger partial charge in [0.05, 0.1) is 9.82 Å². The van der Waals surface area contributed by atoms with E-state index < -0.39 is 14.9 Å². The number of sulfonamides is 1. The average molecular weight is 370 g/mol. The SMILES string of the molecule is O=[N+]([O-])c1ccc(S(=O)(=O)N2C[C@@H](c3ccccc3)[C@@H]3CC=C[C@@H]32)cc1. The lowest BCUT2D eigenvalue weighted by molar-refractivity contribution is -0.384. The van der Waals surface area contributed by atoms with E-state index >= 15 is 0 Å². The largest absolute Gasteiger partial charge is 0.269 e. The summed E-state index contributed by atoms with van der Waals surface area (Å²) in [5.74, 6) is 0.370. The van der Waals surface area contributed by atoms with E-state index in [2.05, 4.69) is 0 Å². The number of benzene rings is 2. The number of hydrogen-bond donors (Lipinski definition) is 0. The van der Waals surface area contributed by atoms with Crippen molar-refractivity contribution in [2.45, 2.75) is 23.3 Å². The molecule has 2 aromatic carbocycles. The molecule has 1 fully saturated rings. The zero-order valence-electron chi connectivity index (χ0n) is 13.9. The molecular weight excluding hydrogens is 352 g/mol. The lowest BCUT2D eigenvalue weighted by Gasteiger charge is -2.22. The van der Waals surface area contributed by atoms with Crippen molar-refractivity contribution in [1.29, 1.82) is 0 Å². The Bertz CT molecular complexity index is 955. The molecule has 0 unspecified atom stereocenters. The maximum Gasteiger partial charge on any atom is 0.269 e. The van der Waals surface area contributed by atoms with Gasteiger partial charge in [-0.1, -0.05) is 42.5 Å². The number of rotatable bonds is 4. The Kier molecular flexibility index (Phi) is 4.13. The number of allylic oxidation sites excluding steroid dienone is 1. The first-order valence-corrected chi connectivity index (χ1v) is 9.90. The summed E-state index contributed by atoms with van der Waals surface area (Å²) in [6.45, 7) is 0.420. The molecule has 0 N–H and O–H groups in total. The van der Waals surface area contributed by atoms with Gasteiger partial charge in [0, 0.05) is 30.6 Å². The van der Waals surface area contributed by atoms with E-state index in [1.54, 1.807) is 4.31 Å². The lowest BCUT2D eigenvalue weighted by atomic mass is 9.86. The van der Waals surface area contributed by atoms with Crippen molar-refractivity contribution in [2.75, 3.05) is 6.54 Å². The molecule has 134 valence electrons. The average Bonchev–Trinajstić information content (AvgIpc) is 3.25. The Labute approximate surface area is 152 Å². The fourth-order valence-electron chi connectivity index (χ4n) is 4.01. The Morgan fingerprint density at radius 3 is 2.38 bits per heavy atom. The summed E-state index contributed by atoms with van der Waals surface area (Å²) in [5.41, 5.74) is 1.03. The Morgan fingerprint density at radius 1 is 1.04 bits per heavy atom. The third-order valence-electron chi connectivity index (χ3n) is 5.29. The van der Waals surface area contributed by atoms with Crippen LogP contribution in [0.25, 0.3) is 0 Å². The molecule has 1 aliphatic carbocycles. The van der Waals surface area contributed by atoms with Crippen molar-refractivity contribution in [3.05, 3.63) is 82.4 Å². The van der Waals surface area contributed by atoms with Crippen LogP contribution in [0.2, 0.25) is 0 Å². The monoisotopic (exact) mass is 370 g/mol. The first-order valence-electron chi connectivity index (χ1n) is 8.46. The predicted molar refractivity (Wildman–Crippen MR) is 97.2 cm³/mol. The van der Waals surface area contributed by atoms with E-state index in [0.717, 1.165) is 12.0 Å². The maximum atomic E-state index is 13.2. The predicted octanol–water partition coefficient (Wildman–Crippen LogP) is 3.33. The molecule has 0 aromatic heterocycles. The molecule has 1 heterocycles. The topological polar surface area (TPSA) is 80.5 Å². The minimum absolute atomic E-state index is 0.0934. The molecule has 26 heavy (non-hydrogen) atoms. The number of fused-ring (bicyclic) bond motifs is 1. The highest BCUT2D eigenvalue weighted by molar-refractivity contribution is 7.89. The summed E-state index contributed by atoms with van der Waals surface area (Å²) in [4.78, 5) is 10.4. The van der Waals surface area contributed by atoms with Crippen LogP contribution < -0.4 is 0 Å². The van der Waals surface area contributed by atoms with Crippen molar-refractivity contribution in [2.24, 2.45) is 5.92 Å². The zero-order valence-corrected chi connectivity index (χ0v) is 14.7. The normalized spacial score (nSPS) is 25.3. The third-order valence-corrected chi connectivity index (χ3v) is 7.17. The van der Waals surface area contributed by atoms with Crippen LogP contribution in [-0.4, -0.2) is 30.2 Å². The summed E-state index contributed by atoms with van der Waals surface area (Å²) >= 11 is 0. The van der Waals surface area contributed by atoms with Crippen LogP contribution in [0.15, 0.2) is 71.6 Å². The van der Waals surface area contributed by atoms with Crippen LogP contribution in [0.4, 0.5) is 5.69 Å². The molecule has 0 saturated carbocycles. The third kappa shape index (κ3) is 2.73. The van der Waals surface area contributed by atoms with Gasteiger partial charge in [-0.2, -0.15) is 4.31 Å². The minimum atomic E-state index is -3.72. The van der Waals surface area contributed by atoms with Crippen LogP contribution in [0.3, 0.4) is 0 Å². The van der Waals surface area contributed by atoms with Crippen LogP contribution in [0.1, 0.15) is 17.9 Å². The highest BCUT2D eigenvalue weighted by Crippen LogP contribution is 2.45. The van der Waals surface area contributed by atoms with Crippen molar-refractivity contribution in [1.82, 2.24) is 4.31 Å². The Hall–Kier alpha value is -2.51. The fourth-order valence-corrected chi connectivity index (χ4v) is 5.66. The highest BCUT2D eigenvalue weighted by Gasteiger charge is 2.47. The molecule has 0 spiro atoms. The first-order chi connectivity index (χ1) is 12.5. The summed E-state index contributed by atoms with van der Waals surface area (Å²) in [6, 6.07) is 14.9. The van der Waals surface area contributed by atoms with Gasteiger partial charge in [0.25, 0.3) is 5.69 Å². The van der Waals surface area contributed by atoms with E-state index in [-0.39, 0.29) is 28.5 Å². The molecule has 6 nitrogen and oxygen atoms in total. The number of nitro benzene ring substituents is 1. The maximum absolute atomic E-state index is 13.2. The van der Waals surface area contributed by atoms with Crippen molar-refractivity contribution < 1.29 is 13.3 Å². The standard InChI is InChI=1S/C19H18N2O4S/c22-21(23)15-9-11-16(12-10-15)26(24,25)20-13-18(14-5-2-1-3-6-14)17-7-4-8-19(17)20/h1-6,8-12,17-19H,7,13H2/t17-,18-,19-/m0/s1. The first kappa shape index (κ1) is 16.9. The summed E-state index contributed by atoms with van der Waals surface area (Å²) in [7, 11) is -3.72. The van der Waals surface area contributed by atoms with E-state index in [0.29, 0.717) is 6.54 Å². The zero-order chi connectivity index (χ0) is 18.3. The van der Waals surface area contributed by atoms with Gasteiger partial charge < -0.3 is 0 Å². The molecule has 0 amide bonds. The Morgan fingerprint density at radius 2 is 1.73 bits per heavy atom. The molecule has 0 radical (unpaired) electrons. The molecule has 0 bridgehead atoms. The van der Waals surface area contributed by atoms with Crippen LogP contribution in [0.5, 0.6) is 0 Å². The molecule has 7 heteroatoms. The molecule has 3 atom stereocenters. The molecule has 4 rings (SSSR count). The van der Waals surface area contributed by atoms with Gasteiger partial charge in [0.2, 0.25) is 10.0 Å². The van der Waals surface area contributed by atoms with Gasteiger partial charge in [0.1, 0.15) is 0 Å². The molecular formula is C19H18N2O4S. The molecule has 1 aliphatic heterocycles. The number of hydrogen-bond acceptors (Lipinski definition) is 4. The van der Waals surface area contributed by atoms with Crippen molar-refractivity contribution in [3.8, 4) is 0 Å². The summed E-state index contributed by atoms with van der Waals surface area (Å²) in [6.07, 6.45) is 4.87. The lowest BCUT2D eigenvalue weighted by Crippen LogP contribution is -2.35. The second kappa shape index (κ2) is 6.34. The van der Waals surface area contributed by atoms with Gasteiger partial charge in [-0.05, 0) is 30.0 Å². The molecule has 2 aromatic rings. The number of non-ortho nitro benzene ring substituents is 1. The Balaban J connectivity index is 1.68. The second-order valence-corrected chi connectivity index (χ2v) is 8.55. The second-order valence-electron chi connectivity index (χ2n) is 6.66. The van der Waals surface area contributed by atoms with Crippen molar-refractivity contribution in [3.63, 3.8) is 0 Å². The minimum Gasteiger partial charge on any atom is -0.258 e. The van der Waals surface area contributed by atoms with Gasteiger partial charge >= 0.3 is 0 Å². The smallest absolute Gasteiger partial charge is 0.258 e. The summed E-state index contributed by atoms with van der Waals surface area (Å²) < 4.78 is 27.9. The van der Waals surface area contributed by atoms with Crippen LogP contribution >= 0.6 is 0 Å². The van der Waals surface area contributed by atoms with E-state index in [9.17, 15) is 18.5 Å². The van der Waals surface area contributed by atoms with E-state index in [1.165, 1.54) is 24.3 Å². The van der Waals surface area contributed by atoms with Gasteiger partial charge in [-0.3, -0.25) is 10.1 Å². The van der Waals surface area contributed by atoms with Crippen LogP contribution in [-0.2, 0) is 10.0 Å². The van der Waals surface area contributed by atoms with E-state index in [1.807, 2.05) is 42.5 Å². The molecule has 1 saturated heterocycles. The number of nitrogens with zero attached hydrogens (tertiary/aromatic N) is 2. The van der Waals surface area contributed by atoms with Crippen LogP contribution in [0, 0.1) is 16.0 Å². The van der Waals surface area contributed by atoms with Gasteiger partial charge in [-0.25, -0.2) is 8.42 Å².